The summed E-state index contributed by atoms with van der Waals surface area (Å²) in [6, 6.07) is 0. The molecule has 0 radical (unpaired) electrons. The lowest BCUT2D eigenvalue weighted by Crippen LogP contribution is -2.36. The van der Waals surface area contributed by atoms with Crippen LogP contribution in [0.2, 0.25) is 0 Å². The van der Waals surface area contributed by atoms with Crippen LogP contribution in [0.5, 0.6) is 0 Å². The number of aryl methyl sites for hydroxylation is 1. The van der Waals surface area contributed by atoms with E-state index in [1.54, 1.807) is 11.3 Å². The highest BCUT2D eigenvalue weighted by Crippen LogP contribution is 2.19. The summed E-state index contributed by atoms with van der Waals surface area (Å²) < 4.78 is 23.1. The predicted octanol–water partition coefficient (Wildman–Crippen LogP) is 0.497. The molecule has 0 bridgehead atoms. The maximum absolute atomic E-state index is 12.1. The number of rotatable bonds is 3. The summed E-state index contributed by atoms with van der Waals surface area (Å²) >= 11 is 1.64. The van der Waals surface area contributed by atoms with Gasteiger partial charge in [0.1, 0.15) is 5.01 Å². The van der Waals surface area contributed by atoms with Gasteiger partial charge in [-0.05, 0) is 6.92 Å². The van der Waals surface area contributed by atoms with E-state index in [1.165, 1.54) is 0 Å². The summed E-state index contributed by atoms with van der Waals surface area (Å²) in [5.41, 5.74) is 0.758. The van der Waals surface area contributed by atoms with E-state index in [1.807, 2.05) is 13.1 Å². The van der Waals surface area contributed by atoms with Gasteiger partial charge in [-0.2, -0.15) is 0 Å². The van der Waals surface area contributed by atoms with Crippen molar-refractivity contribution in [1.82, 2.24) is 19.9 Å². The number of thiazole rings is 1. The first-order valence-electron chi connectivity index (χ1n) is 6.79. The fourth-order valence-corrected chi connectivity index (χ4v) is 3.82. The first kappa shape index (κ1) is 15.3. The maximum Gasteiger partial charge on any atom is 0.256 e. The lowest BCUT2D eigenvalue weighted by Gasteiger charge is -2.26. The number of aromatic amines is 1. The van der Waals surface area contributed by atoms with Gasteiger partial charge < -0.3 is 0 Å². The van der Waals surface area contributed by atoms with Crippen molar-refractivity contribution in [2.24, 2.45) is 0 Å². The van der Waals surface area contributed by atoms with Gasteiger partial charge in [-0.3, -0.25) is 14.7 Å². The Labute approximate surface area is 132 Å². The standard InChI is InChI=1S/C13H16N4O3S2/c1-8-5-14-11(21-8)7-17-4-3-10-9(6-17)12(18)16-13(15-10)22(2,19)20/h5H,3-4,6-7H2,1-2H3,(H,15,16,18). The van der Waals surface area contributed by atoms with E-state index in [9.17, 15) is 13.2 Å². The summed E-state index contributed by atoms with van der Waals surface area (Å²) in [4.78, 5) is 26.2. The number of hydrogen-bond donors (Lipinski definition) is 1. The zero-order chi connectivity index (χ0) is 15.9. The average molecular weight is 340 g/mol. The number of nitrogens with zero attached hydrogens (tertiary/aromatic N) is 3. The molecule has 1 aliphatic rings. The SMILES string of the molecule is Cc1cnc(CN2CCc3nc(S(C)(=O)=O)[nH]c(=O)c3C2)s1. The molecule has 0 aromatic carbocycles. The van der Waals surface area contributed by atoms with Crippen LogP contribution >= 0.6 is 11.3 Å². The van der Waals surface area contributed by atoms with Crippen LogP contribution in [0.4, 0.5) is 0 Å². The fourth-order valence-electron chi connectivity index (χ4n) is 2.43. The van der Waals surface area contributed by atoms with Gasteiger partial charge in [-0.15, -0.1) is 11.3 Å². The lowest BCUT2D eigenvalue weighted by molar-refractivity contribution is 0.240. The third kappa shape index (κ3) is 3.11. The predicted molar refractivity (Wildman–Crippen MR) is 82.6 cm³/mol. The minimum atomic E-state index is -3.51. The molecule has 1 aliphatic heterocycles. The Bertz CT molecular complexity index is 870. The summed E-state index contributed by atoms with van der Waals surface area (Å²) in [7, 11) is -3.51. The zero-order valence-corrected chi connectivity index (χ0v) is 13.9. The van der Waals surface area contributed by atoms with Gasteiger partial charge in [-0.25, -0.2) is 18.4 Å². The Hall–Kier alpha value is -1.58. The molecule has 0 amide bonds. The van der Waals surface area contributed by atoms with Crippen LogP contribution in [0.1, 0.15) is 21.1 Å². The van der Waals surface area contributed by atoms with E-state index in [4.69, 9.17) is 0 Å². The van der Waals surface area contributed by atoms with E-state index in [2.05, 4.69) is 19.9 Å². The van der Waals surface area contributed by atoms with Crippen LogP contribution in [-0.2, 0) is 29.3 Å². The first-order valence-corrected chi connectivity index (χ1v) is 9.49. The molecule has 3 rings (SSSR count). The average Bonchev–Trinajstić information content (AvgIpc) is 2.83. The van der Waals surface area contributed by atoms with Gasteiger partial charge in [0.25, 0.3) is 5.56 Å². The second-order valence-electron chi connectivity index (χ2n) is 5.39. The summed E-state index contributed by atoms with van der Waals surface area (Å²) in [6.45, 7) is 3.88. The topological polar surface area (TPSA) is 96.0 Å². The van der Waals surface area contributed by atoms with Crippen LogP contribution in [0.15, 0.2) is 16.1 Å². The molecule has 118 valence electrons. The molecule has 1 N–H and O–H groups in total. The number of nitrogens with one attached hydrogen (secondary N) is 1. The van der Waals surface area contributed by atoms with Gasteiger partial charge in [0.15, 0.2) is 0 Å². The van der Waals surface area contributed by atoms with Crippen molar-refractivity contribution in [2.45, 2.75) is 31.6 Å². The smallest absolute Gasteiger partial charge is 0.256 e. The molecule has 0 saturated heterocycles. The lowest BCUT2D eigenvalue weighted by atomic mass is 10.1. The molecule has 22 heavy (non-hydrogen) atoms. The van der Waals surface area contributed by atoms with Gasteiger partial charge in [-0.1, -0.05) is 0 Å². The van der Waals surface area contributed by atoms with Crippen LogP contribution in [0.3, 0.4) is 0 Å². The number of H-pyrrole nitrogens is 1. The summed E-state index contributed by atoms with van der Waals surface area (Å²) in [6.07, 6.45) is 3.44. The van der Waals surface area contributed by atoms with Gasteiger partial charge in [0.05, 0.1) is 17.8 Å². The number of hydrogen-bond acceptors (Lipinski definition) is 7. The molecule has 0 fully saturated rings. The van der Waals surface area contributed by atoms with Crippen LogP contribution in [0.25, 0.3) is 0 Å². The first-order chi connectivity index (χ1) is 10.3. The highest BCUT2D eigenvalue weighted by Gasteiger charge is 2.23. The van der Waals surface area contributed by atoms with Gasteiger partial charge in [0.2, 0.25) is 15.0 Å². The number of aromatic nitrogens is 3. The van der Waals surface area contributed by atoms with E-state index < -0.39 is 9.84 Å². The van der Waals surface area contributed by atoms with E-state index in [0.29, 0.717) is 30.8 Å². The molecule has 3 heterocycles. The van der Waals surface area contributed by atoms with E-state index in [0.717, 1.165) is 22.7 Å². The highest BCUT2D eigenvalue weighted by atomic mass is 32.2. The summed E-state index contributed by atoms with van der Waals surface area (Å²) in [5.74, 6) is 0. The molecule has 0 saturated carbocycles. The van der Waals surface area contributed by atoms with Crippen LogP contribution in [0, 0.1) is 6.92 Å². The van der Waals surface area contributed by atoms with Crippen molar-refractivity contribution in [2.75, 3.05) is 12.8 Å². The molecular formula is C13H16N4O3S2. The van der Waals surface area contributed by atoms with Gasteiger partial charge >= 0.3 is 0 Å². The van der Waals surface area contributed by atoms with Crippen molar-refractivity contribution in [3.05, 3.63) is 37.7 Å². The van der Waals surface area contributed by atoms with Gasteiger partial charge in [0, 0.05) is 36.8 Å². The number of sulfone groups is 1. The molecule has 2 aromatic rings. The van der Waals surface area contributed by atoms with Crippen molar-refractivity contribution in [3.8, 4) is 0 Å². The molecule has 0 unspecified atom stereocenters. The van der Waals surface area contributed by atoms with Crippen molar-refractivity contribution < 1.29 is 8.42 Å². The van der Waals surface area contributed by atoms with E-state index in [-0.39, 0.29) is 10.7 Å². The molecule has 0 atom stereocenters. The largest absolute Gasteiger partial charge is 0.297 e. The second kappa shape index (κ2) is 5.56. The minimum Gasteiger partial charge on any atom is -0.297 e. The Morgan fingerprint density at radius 3 is 2.86 bits per heavy atom. The third-order valence-electron chi connectivity index (χ3n) is 3.51. The number of fused-ring (bicyclic) bond motifs is 1. The molecule has 2 aromatic heterocycles. The maximum atomic E-state index is 12.1. The van der Waals surface area contributed by atoms with Crippen molar-refractivity contribution in [3.63, 3.8) is 0 Å². The van der Waals surface area contributed by atoms with Crippen LogP contribution < -0.4 is 5.56 Å². The Kier molecular flexibility index (Phi) is 3.87. The van der Waals surface area contributed by atoms with Crippen molar-refractivity contribution in [1.29, 1.82) is 0 Å². The highest BCUT2D eigenvalue weighted by molar-refractivity contribution is 7.90. The normalized spacial score (nSPS) is 15.7. The Morgan fingerprint density at radius 2 is 2.23 bits per heavy atom. The fraction of sp³-hybridized carbons (Fsp3) is 0.462. The molecule has 7 nitrogen and oxygen atoms in total. The van der Waals surface area contributed by atoms with Crippen molar-refractivity contribution >= 4 is 21.2 Å². The quantitative estimate of drug-likeness (QED) is 0.817. The Balaban J connectivity index is 1.86. The van der Waals surface area contributed by atoms with Crippen LogP contribution in [-0.4, -0.2) is 41.1 Å². The monoisotopic (exact) mass is 340 g/mol. The zero-order valence-electron chi connectivity index (χ0n) is 12.3. The molecule has 9 heteroatoms. The minimum absolute atomic E-state index is 0.250. The summed E-state index contributed by atoms with van der Waals surface area (Å²) in [5, 5.41) is 0.762. The third-order valence-corrected chi connectivity index (χ3v) is 5.30. The molecule has 0 spiro atoms. The molecular weight excluding hydrogens is 324 g/mol. The molecule has 0 aliphatic carbocycles. The van der Waals surface area contributed by atoms with E-state index >= 15 is 0 Å². The Morgan fingerprint density at radius 1 is 1.45 bits per heavy atom. The second-order valence-corrected chi connectivity index (χ2v) is 8.64.